The first-order valence-electron chi connectivity index (χ1n) is 6.19. The third-order valence-corrected chi connectivity index (χ3v) is 3.34. The van der Waals surface area contributed by atoms with E-state index in [-0.39, 0.29) is 11.4 Å². The summed E-state index contributed by atoms with van der Waals surface area (Å²) in [5.74, 6) is -0.0859. The maximum atomic E-state index is 11.3. The molecule has 1 aliphatic rings. The molecule has 1 saturated carbocycles. The lowest BCUT2D eigenvalue weighted by Gasteiger charge is -2.29. The second-order valence-electron chi connectivity index (χ2n) is 4.84. The number of carbonyl (C=O) groups excluding carboxylic acids is 1. The number of amides is 1. The summed E-state index contributed by atoms with van der Waals surface area (Å²) in [6.45, 7) is 2.25. The van der Waals surface area contributed by atoms with Gasteiger partial charge in [-0.05, 0) is 19.8 Å². The fraction of sp³-hybridized carbons (Fsp3) is 0.917. The molecule has 3 N–H and O–H groups in total. The molecule has 1 rings (SSSR count). The molecule has 94 valence electrons. The average molecular weight is 228 g/mol. The molecule has 0 bridgehead atoms. The number of carbonyl (C=O) groups is 1. The van der Waals surface area contributed by atoms with Crippen LogP contribution >= 0.6 is 0 Å². The van der Waals surface area contributed by atoms with Gasteiger partial charge < -0.3 is 15.8 Å². The standard InChI is InChI=1S/C12H24N2O2/c1-10(11(15)14-2)16-9-12(13)7-5-3-4-6-8-12/h10H,3-9,13H2,1-2H3,(H,14,15). The first kappa shape index (κ1) is 13.5. The van der Waals surface area contributed by atoms with E-state index < -0.39 is 6.10 Å². The van der Waals surface area contributed by atoms with E-state index in [9.17, 15) is 4.79 Å². The molecule has 1 aliphatic carbocycles. The number of hydrogen-bond donors (Lipinski definition) is 2. The van der Waals surface area contributed by atoms with Gasteiger partial charge in [-0.1, -0.05) is 25.7 Å². The monoisotopic (exact) mass is 228 g/mol. The lowest BCUT2D eigenvalue weighted by molar-refractivity contribution is -0.132. The first-order valence-corrected chi connectivity index (χ1v) is 6.19. The molecule has 0 heterocycles. The van der Waals surface area contributed by atoms with Crippen molar-refractivity contribution in [2.75, 3.05) is 13.7 Å². The summed E-state index contributed by atoms with van der Waals surface area (Å²) >= 11 is 0. The van der Waals surface area contributed by atoms with Crippen LogP contribution in [0.25, 0.3) is 0 Å². The van der Waals surface area contributed by atoms with Gasteiger partial charge in [-0.3, -0.25) is 4.79 Å². The van der Waals surface area contributed by atoms with E-state index in [4.69, 9.17) is 10.5 Å². The van der Waals surface area contributed by atoms with E-state index in [1.165, 1.54) is 25.7 Å². The third kappa shape index (κ3) is 4.10. The Hall–Kier alpha value is -0.610. The van der Waals surface area contributed by atoms with Crippen molar-refractivity contribution in [1.82, 2.24) is 5.32 Å². The molecule has 0 radical (unpaired) electrons. The highest BCUT2D eigenvalue weighted by Crippen LogP contribution is 2.25. The Morgan fingerprint density at radius 1 is 1.38 bits per heavy atom. The van der Waals surface area contributed by atoms with Crippen LogP contribution in [0.5, 0.6) is 0 Å². The van der Waals surface area contributed by atoms with E-state index in [0.717, 1.165) is 12.8 Å². The largest absolute Gasteiger partial charge is 0.367 e. The minimum Gasteiger partial charge on any atom is -0.367 e. The third-order valence-electron chi connectivity index (χ3n) is 3.34. The lowest BCUT2D eigenvalue weighted by Crippen LogP contribution is -2.46. The van der Waals surface area contributed by atoms with Gasteiger partial charge in [-0.15, -0.1) is 0 Å². The molecule has 4 heteroatoms. The first-order chi connectivity index (χ1) is 7.57. The number of nitrogens with one attached hydrogen (secondary N) is 1. The number of rotatable bonds is 4. The zero-order chi connectivity index (χ0) is 12.0. The van der Waals surface area contributed by atoms with Gasteiger partial charge in [0.15, 0.2) is 0 Å². The number of hydrogen-bond acceptors (Lipinski definition) is 3. The quantitative estimate of drug-likeness (QED) is 0.710. The summed E-state index contributed by atoms with van der Waals surface area (Å²) in [4.78, 5) is 11.3. The Morgan fingerprint density at radius 3 is 2.44 bits per heavy atom. The van der Waals surface area contributed by atoms with Crippen LogP contribution in [0.2, 0.25) is 0 Å². The van der Waals surface area contributed by atoms with Gasteiger partial charge in [-0.25, -0.2) is 0 Å². The second kappa shape index (κ2) is 6.21. The van der Waals surface area contributed by atoms with E-state index in [0.29, 0.717) is 6.61 Å². The maximum absolute atomic E-state index is 11.3. The number of nitrogens with two attached hydrogens (primary N) is 1. The van der Waals surface area contributed by atoms with Crippen molar-refractivity contribution in [3.05, 3.63) is 0 Å². The van der Waals surface area contributed by atoms with Crippen LogP contribution in [-0.4, -0.2) is 31.2 Å². The summed E-state index contributed by atoms with van der Waals surface area (Å²) in [5, 5.41) is 2.57. The van der Waals surface area contributed by atoms with Crippen molar-refractivity contribution in [1.29, 1.82) is 0 Å². The van der Waals surface area contributed by atoms with Gasteiger partial charge in [-0.2, -0.15) is 0 Å². The van der Waals surface area contributed by atoms with Gasteiger partial charge in [0.1, 0.15) is 6.10 Å². The zero-order valence-electron chi connectivity index (χ0n) is 10.4. The average Bonchev–Trinajstić information content (AvgIpc) is 2.50. The highest BCUT2D eigenvalue weighted by atomic mass is 16.5. The molecule has 16 heavy (non-hydrogen) atoms. The Kier molecular flexibility index (Phi) is 5.22. The summed E-state index contributed by atoms with van der Waals surface area (Å²) in [6, 6.07) is 0. The van der Waals surface area contributed by atoms with E-state index >= 15 is 0 Å². The lowest BCUT2D eigenvalue weighted by atomic mass is 9.92. The smallest absolute Gasteiger partial charge is 0.248 e. The Morgan fingerprint density at radius 2 is 1.94 bits per heavy atom. The van der Waals surface area contributed by atoms with Gasteiger partial charge in [0.2, 0.25) is 5.91 Å². The Labute approximate surface area is 97.9 Å². The SMILES string of the molecule is CNC(=O)C(C)OCC1(N)CCCCCC1. The van der Waals surface area contributed by atoms with Gasteiger partial charge in [0, 0.05) is 12.6 Å². The van der Waals surface area contributed by atoms with E-state index in [1.54, 1.807) is 14.0 Å². The summed E-state index contributed by atoms with van der Waals surface area (Å²) in [6.07, 6.45) is 6.49. The summed E-state index contributed by atoms with van der Waals surface area (Å²) < 4.78 is 5.56. The van der Waals surface area contributed by atoms with Crippen LogP contribution in [0.3, 0.4) is 0 Å². The highest BCUT2D eigenvalue weighted by molar-refractivity contribution is 5.79. The predicted octanol–water partition coefficient (Wildman–Crippen LogP) is 1.19. The highest BCUT2D eigenvalue weighted by Gasteiger charge is 2.28. The van der Waals surface area contributed by atoms with Crippen molar-refractivity contribution >= 4 is 5.91 Å². The normalized spacial score (nSPS) is 22.2. The molecule has 0 aliphatic heterocycles. The van der Waals surface area contributed by atoms with Crippen LogP contribution in [0.15, 0.2) is 0 Å². The molecule has 1 amide bonds. The molecule has 1 unspecified atom stereocenters. The fourth-order valence-corrected chi connectivity index (χ4v) is 2.15. The van der Waals surface area contributed by atoms with Crippen molar-refractivity contribution in [3.8, 4) is 0 Å². The Bertz CT molecular complexity index is 223. The molecule has 1 fully saturated rings. The van der Waals surface area contributed by atoms with Crippen LogP contribution in [0, 0.1) is 0 Å². The van der Waals surface area contributed by atoms with Gasteiger partial charge in [0.25, 0.3) is 0 Å². The topological polar surface area (TPSA) is 64.3 Å². The molecule has 0 aromatic heterocycles. The van der Waals surface area contributed by atoms with Crippen molar-refractivity contribution in [2.24, 2.45) is 5.73 Å². The fourth-order valence-electron chi connectivity index (χ4n) is 2.15. The van der Waals surface area contributed by atoms with Crippen LogP contribution in [0.1, 0.15) is 45.4 Å². The molecular formula is C12H24N2O2. The van der Waals surface area contributed by atoms with E-state index in [2.05, 4.69) is 5.32 Å². The molecule has 0 spiro atoms. The van der Waals surface area contributed by atoms with Gasteiger partial charge >= 0.3 is 0 Å². The van der Waals surface area contributed by atoms with Crippen LogP contribution in [0.4, 0.5) is 0 Å². The molecule has 1 atom stereocenters. The van der Waals surface area contributed by atoms with Crippen LogP contribution in [-0.2, 0) is 9.53 Å². The van der Waals surface area contributed by atoms with E-state index in [1.807, 2.05) is 0 Å². The van der Waals surface area contributed by atoms with Crippen molar-refractivity contribution in [3.63, 3.8) is 0 Å². The molecule has 0 aromatic carbocycles. The predicted molar refractivity (Wildman–Crippen MR) is 64.1 cm³/mol. The molecular weight excluding hydrogens is 204 g/mol. The van der Waals surface area contributed by atoms with Gasteiger partial charge in [0.05, 0.1) is 6.61 Å². The number of ether oxygens (including phenoxy) is 1. The molecule has 0 saturated heterocycles. The summed E-state index contributed by atoms with van der Waals surface area (Å²) in [7, 11) is 1.62. The van der Waals surface area contributed by atoms with Crippen molar-refractivity contribution in [2.45, 2.75) is 57.1 Å². The minimum atomic E-state index is -0.409. The zero-order valence-corrected chi connectivity index (χ0v) is 10.4. The maximum Gasteiger partial charge on any atom is 0.248 e. The minimum absolute atomic E-state index is 0.0859. The molecule has 4 nitrogen and oxygen atoms in total. The Balaban J connectivity index is 2.36. The van der Waals surface area contributed by atoms with Crippen LogP contribution < -0.4 is 11.1 Å². The van der Waals surface area contributed by atoms with Crippen molar-refractivity contribution < 1.29 is 9.53 Å². The summed E-state index contributed by atoms with van der Waals surface area (Å²) in [5.41, 5.74) is 6.07. The number of likely N-dealkylation sites (N-methyl/N-ethyl adjacent to an activating group) is 1. The molecule has 0 aromatic rings. The second-order valence-corrected chi connectivity index (χ2v) is 4.84.